The normalized spacial score (nSPS) is 21.4. The third-order valence-corrected chi connectivity index (χ3v) is 6.63. The van der Waals surface area contributed by atoms with Gasteiger partial charge in [0.1, 0.15) is 6.54 Å². The second-order valence-electron chi connectivity index (χ2n) is 8.18. The minimum atomic E-state index is -0.123. The Morgan fingerprint density at radius 2 is 1.93 bits per heavy atom. The minimum absolute atomic E-state index is 0.0551. The van der Waals surface area contributed by atoms with Crippen LogP contribution in [0.4, 0.5) is 0 Å². The molecule has 148 valence electrons. The first-order valence-electron chi connectivity index (χ1n) is 10.3. The summed E-state index contributed by atoms with van der Waals surface area (Å²) in [7, 11) is 0. The van der Waals surface area contributed by atoms with E-state index >= 15 is 0 Å². The van der Waals surface area contributed by atoms with Crippen molar-refractivity contribution in [2.24, 2.45) is 5.92 Å². The summed E-state index contributed by atoms with van der Waals surface area (Å²) in [6.07, 6.45) is 7.34. The van der Waals surface area contributed by atoms with Crippen LogP contribution in [-0.2, 0) is 24.2 Å². The van der Waals surface area contributed by atoms with Gasteiger partial charge in [-0.25, -0.2) is 0 Å². The van der Waals surface area contributed by atoms with Gasteiger partial charge < -0.3 is 9.88 Å². The van der Waals surface area contributed by atoms with E-state index in [0.29, 0.717) is 10.9 Å². The van der Waals surface area contributed by atoms with Crippen molar-refractivity contribution in [3.8, 4) is 11.1 Å². The summed E-state index contributed by atoms with van der Waals surface area (Å²) in [4.78, 5) is 25.6. The molecule has 1 aromatic carbocycles. The molecule has 5 heteroatoms. The molecule has 0 aliphatic heterocycles. The number of nitrogens with one attached hydrogen (secondary N) is 1. The van der Waals surface area contributed by atoms with E-state index in [4.69, 9.17) is 11.6 Å². The number of carbonyl (C=O) groups excluding carboxylic acids is 1. The standard InChI is InChI=1S/C23H27ClN2O2/c1-15-7-2-5-11-20(15)25-22(27)14-26-21-12-6-9-17(21)18(13-23(26)28)16-8-3-4-10-19(16)24/h3-4,8,10,13,15,20H,2,5-7,9,11-12,14H2,1H3,(H,25,27)/t15-,20+/m0/s1. The van der Waals surface area contributed by atoms with Crippen LogP contribution in [0.25, 0.3) is 11.1 Å². The first kappa shape index (κ1) is 19.3. The minimum Gasteiger partial charge on any atom is -0.352 e. The van der Waals surface area contributed by atoms with E-state index < -0.39 is 0 Å². The highest BCUT2D eigenvalue weighted by Crippen LogP contribution is 2.34. The molecule has 28 heavy (non-hydrogen) atoms. The highest BCUT2D eigenvalue weighted by Gasteiger charge is 2.25. The van der Waals surface area contributed by atoms with Gasteiger partial charge in [0.15, 0.2) is 0 Å². The number of hydrogen-bond donors (Lipinski definition) is 1. The lowest BCUT2D eigenvalue weighted by Gasteiger charge is -2.29. The maximum absolute atomic E-state index is 12.9. The van der Waals surface area contributed by atoms with Crippen molar-refractivity contribution in [3.63, 3.8) is 0 Å². The van der Waals surface area contributed by atoms with Gasteiger partial charge in [-0.05, 0) is 55.2 Å². The van der Waals surface area contributed by atoms with Crippen molar-refractivity contribution in [1.29, 1.82) is 0 Å². The van der Waals surface area contributed by atoms with Crippen molar-refractivity contribution in [2.75, 3.05) is 0 Å². The van der Waals surface area contributed by atoms with Gasteiger partial charge in [-0.3, -0.25) is 9.59 Å². The van der Waals surface area contributed by atoms with E-state index in [1.165, 1.54) is 6.42 Å². The van der Waals surface area contributed by atoms with Gasteiger partial charge in [0.25, 0.3) is 5.56 Å². The Morgan fingerprint density at radius 3 is 2.71 bits per heavy atom. The van der Waals surface area contributed by atoms with E-state index in [1.54, 1.807) is 10.6 Å². The number of benzene rings is 1. The highest BCUT2D eigenvalue weighted by molar-refractivity contribution is 6.33. The maximum Gasteiger partial charge on any atom is 0.251 e. The van der Waals surface area contributed by atoms with Crippen LogP contribution in [0.15, 0.2) is 35.1 Å². The molecule has 2 atom stereocenters. The van der Waals surface area contributed by atoms with Crippen LogP contribution in [0.5, 0.6) is 0 Å². The van der Waals surface area contributed by atoms with Crippen molar-refractivity contribution in [3.05, 3.63) is 57.0 Å². The van der Waals surface area contributed by atoms with Crippen LogP contribution in [0, 0.1) is 5.92 Å². The van der Waals surface area contributed by atoms with Crippen LogP contribution >= 0.6 is 11.6 Å². The molecule has 1 aromatic heterocycles. The molecule has 1 saturated carbocycles. The smallest absolute Gasteiger partial charge is 0.251 e. The van der Waals surface area contributed by atoms with E-state index in [-0.39, 0.29) is 24.1 Å². The van der Waals surface area contributed by atoms with Gasteiger partial charge in [0, 0.05) is 28.4 Å². The summed E-state index contributed by atoms with van der Waals surface area (Å²) in [5.74, 6) is 0.447. The lowest BCUT2D eigenvalue weighted by Crippen LogP contribution is -2.43. The van der Waals surface area contributed by atoms with E-state index in [0.717, 1.165) is 60.9 Å². The Kier molecular flexibility index (Phi) is 5.58. The highest BCUT2D eigenvalue weighted by atomic mass is 35.5. The molecule has 0 unspecified atom stereocenters. The number of nitrogens with zero attached hydrogens (tertiary/aromatic N) is 1. The van der Waals surface area contributed by atoms with Crippen molar-refractivity contribution >= 4 is 17.5 Å². The monoisotopic (exact) mass is 398 g/mol. The molecule has 0 saturated heterocycles. The molecule has 1 N–H and O–H groups in total. The Balaban J connectivity index is 1.62. The van der Waals surface area contributed by atoms with Crippen LogP contribution in [0.2, 0.25) is 5.02 Å². The van der Waals surface area contributed by atoms with Crippen molar-refractivity contribution in [2.45, 2.75) is 64.5 Å². The molecule has 2 aromatic rings. The zero-order valence-corrected chi connectivity index (χ0v) is 17.1. The lowest BCUT2D eigenvalue weighted by molar-refractivity contribution is -0.123. The number of amides is 1. The fourth-order valence-corrected chi connectivity index (χ4v) is 4.99. The van der Waals surface area contributed by atoms with Crippen LogP contribution in [-0.4, -0.2) is 16.5 Å². The zero-order valence-electron chi connectivity index (χ0n) is 16.3. The molecule has 2 aliphatic carbocycles. The largest absolute Gasteiger partial charge is 0.352 e. The number of rotatable bonds is 4. The second kappa shape index (κ2) is 8.12. The summed E-state index contributed by atoms with van der Waals surface area (Å²) in [6, 6.07) is 9.52. The van der Waals surface area contributed by atoms with Gasteiger partial charge in [0.2, 0.25) is 5.91 Å². The summed E-state index contributed by atoms with van der Waals surface area (Å²) in [6.45, 7) is 2.31. The van der Waals surface area contributed by atoms with E-state index in [2.05, 4.69) is 12.2 Å². The second-order valence-corrected chi connectivity index (χ2v) is 8.58. The molecule has 0 radical (unpaired) electrons. The predicted molar refractivity (Wildman–Crippen MR) is 113 cm³/mol. The number of aromatic nitrogens is 1. The average Bonchev–Trinajstić information content (AvgIpc) is 3.16. The van der Waals surface area contributed by atoms with Gasteiger partial charge in [-0.15, -0.1) is 0 Å². The van der Waals surface area contributed by atoms with E-state index in [9.17, 15) is 9.59 Å². The Morgan fingerprint density at radius 1 is 1.14 bits per heavy atom. The maximum atomic E-state index is 12.9. The molecule has 0 bridgehead atoms. The molecule has 2 aliphatic rings. The van der Waals surface area contributed by atoms with Gasteiger partial charge >= 0.3 is 0 Å². The summed E-state index contributed by atoms with van der Waals surface area (Å²) in [5.41, 5.74) is 3.84. The van der Waals surface area contributed by atoms with Crippen molar-refractivity contribution < 1.29 is 4.79 Å². The number of pyridine rings is 1. The number of fused-ring (bicyclic) bond motifs is 1. The topological polar surface area (TPSA) is 51.1 Å². The quantitative estimate of drug-likeness (QED) is 0.832. The molecule has 1 fully saturated rings. The molecule has 1 amide bonds. The molecule has 1 heterocycles. The Labute approximate surface area is 170 Å². The SMILES string of the molecule is C[C@H]1CCCC[C@H]1NC(=O)Cn1c2c(c(-c3ccccc3Cl)cc1=O)CCC2. The Bertz CT molecular complexity index is 950. The number of hydrogen-bond acceptors (Lipinski definition) is 2. The van der Waals surface area contributed by atoms with Gasteiger partial charge in [-0.2, -0.15) is 0 Å². The number of carbonyl (C=O) groups is 1. The molecule has 4 nitrogen and oxygen atoms in total. The first-order chi connectivity index (χ1) is 13.5. The molecular weight excluding hydrogens is 372 g/mol. The summed E-state index contributed by atoms with van der Waals surface area (Å²) in [5, 5.41) is 3.82. The fraction of sp³-hybridized carbons (Fsp3) is 0.478. The Hall–Kier alpha value is -2.07. The molecule has 0 spiro atoms. The predicted octanol–water partition coefficient (Wildman–Crippen LogP) is 4.35. The fourth-order valence-electron chi connectivity index (χ4n) is 4.76. The van der Waals surface area contributed by atoms with Crippen molar-refractivity contribution in [1.82, 2.24) is 9.88 Å². The van der Waals surface area contributed by atoms with Crippen LogP contribution in [0.3, 0.4) is 0 Å². The lowest BCUT2D eigenvalue weighted by atomic mass is 9.86. The van der Waals surface area contributed by atoms with Crippen LogP contribution < -0.4 is 10.9 Å². The third-order valence-electron chi connectivity index (χ3n) is 6.30. The van der Waals surface area contributed by atoms with Gasteiger partial charge in [-0.1, -0.05) is 49.6 Å². The summed E-state index contributed by atoms with van der Waals surface area (Å²) < 4.78 is 1.67. The van der Waals surface area contributed by atoms with E-state index in [1.807, 2.05) is 24.3 Å². The molecule has 4 rings (SSSR count). The average molecular weight is 399 g/mol. The first-order valence-corrected chi connectivity index (χ1v) is 10.7. The number of halogens is 1. The zero-order chi connectivity index (χ0) is 19.7. The van der Waals surface area contributed by atoms with Gasteiger partial charge in [0.05, 0.1) is 0 Å². The molecular formula is C23H27ClN2O2. The summed E-state index contributed by atoms with van der Waals surface area (Å²) >= 11 is 6.39. The van der Waals surface area contributed by atoms with Crippen LogP contribution in [0.1, 0.15) is 50.3 Å². The third kappa shape index (κ3) is 3.75.